The third-order valence-electron chi connectivity index (χ3n) is 2.56. The molecule has 0 aliphatic heterocycles. The number of esters is 1. The van der Waals surface area contributed by atoms with Gasteiger partial charge < -0.3 is 9.47 Å². The van der Waals surface area contributed by atoms with Gasteiger partial charge in [0.1, 0.15) is 5.75 Å². The second-order valence-corrected chi connectivity index (χ2v) is 4.78. The van der Waals surface area contributed by atoms with Crippen molar-refractivity contribution in [3.05, 3.63) is 29.8 Å². The molecule has 0 bridgehead atoms. The van der Waals surface area contributed by atoms with Gasteiger partial charge in [0.15, 0.2) is 12.4 Å². The third kappa shape index (κ3) is 6.04. The summed E-state index contributed by atoms with van der Waals surface area (Å²) in [6.07, 6.45) is 0.839. The Kier molecular flexibility index (Phi) is 6.06. The lowest BCUT2D eigenvalue weighted by Gasteiger charge is -2.08. The Bertz CT molecular complexity index is 438. The molecule has 0 aliphatic carbocycles. The van der Waals surface area contributed by atoms with Gasteiger partial charge in [-0.1, -0.05) is 26.0 Å². The molecule has 104 valence electrons. The van der Waals surface area contributed by atoms with Gasteiger partial charge in [-0.25, -0.2) is 4.79 Å². The number of carbonyl (C=O) groups excluding carboxylic acids is 2. The van der Waals surface area contributed by atoms with Crippen molar-refractivity contribution in [2.75, 3.05) is 13.2 Å². The lowest BCUT2D eigenvalue weighted by atomic mass is 10.1. The molecule has 0 saturated carbocycles. The second-order valence-electron chi connectivity index (χ2n) is 4.78. The molecule has 0 amide bonds. The quantitative estimate of drug-likeness (QED) is 0.561. The van der Waals surface area contributed by atoms with Crippen LogP contribution in [-0.4, -0.2) is 25.0 Å². The Labute approximate surface area is 113 Å². The Balaban J connectivity index is 2.37. The van der Waals surface area contributed by atoms with E-state index in [-0.39, 0.29) is 12.4 Å². The SMILES string of the molecule is CC(=O)c1cccc(OCC(=O)OCCC(C)C)c1. The van der Waals surface area contributed by atoms with Crippen LogP contribution in [0, 0.1) is 5.92 Å². The Morgan fingerprint density at radius 1 is 1.26 bits per heavy atom. The molecule has 0 radical (unpaired) electrons. The summed E-state index contributed by atoms with van der Waals surface area (Å²) in [5, 5.41) is 0. The molecule has 1 rings (SSSR count). The van der Waals surface area contributed by atoms with E-state index in [2.05, 4.69) is 13.8 Å². The first kappa shape index (κ1) is 15.2. The van der Waals surface area contributed by atoms with E-state index in [9.17, 15) is 9.59 Å². The van der Waals surface area contributed by atoms with Gasteiger partial charge in [0.25, 0.3) is 0 Å². The van der Waals surface area contributed by atoms with Gasteiger partial charge in [0.05, 0.1) is 6.61 Å². The minimum atomic E-state index is -0.395. The summed E-state index contributed by atoms with van der Waals surface area (Å²) in [5.41, 5.74) is 0.561. The van der Waals surface area contributed by atoms with E-state index in [0.29, 0.717) is 23.8 Å². The summed E-state index contributed by atoms with van der Waals surface area (Å²) < 4.78 is 10.3. The van der Waals surface area contributed by atoms with Crippen molar-refractivity contribution in [3.63, 3.8) is 0 Å². The molecule has 0 atom stereocenters. The van der Waals surface area contributed by atoms with Crippen LogP contribution in [0.25, 0.3) is 0 Å². The highest BCUT2D eigenvalue weighted by Gasteiger charge is 2.06. The molecule has 4 heteroatoms. The third-order valence-corrected chi connectivity index (χ3v) is 2.56. The first-order valence-electron chi connectivity index (χ1n) is 6.38. The maximum Gasteiger partial charge on any atom is 0.344 e. The number of hydrogen-bond acceptors (Lipinski definition) is 4. The molecule has 4 nitrogen and oxygen atoms in total. The van der Waals surface area contributed by atoms with Gasteiger partial charge in [0.2, 0.25) is 0 Å². The summed E-state index contributed by atoms with van der Waals surface area (Å²) in [6.45, 7) is 5.89. The van der Waals surface area contributed by atoms with Gasteiger partial charge in [-0.05, 0) is 31.4 Å². The maximum atomic E-state index is 11.4. The minimum absolute atomic E-state index is 0.0371. The molecule has 0 aromatic heterocycles. The second kappa shape index (κ2) is 7.56. The molecule has 0 aliphatic rings. The van der Waals surface area contributed by atoms with Crippen LogP contribution in [0.5, 0.6) is 5.75 Å². The molecule has 1 aromatic rings. The number of ketones is 1. The molecule has 0 saturated heterocycles. The van der Waals surface area contributed by atoms with Crippen molar-refractivity contribution >= 4 is 11.8 Å². The Morgan fingerprint density at radius 3 is 2.63 bits per heavy atom. The van der Waals surface area contributed by atoms with Crippen LogP contribution in [0.3, 0.4) is 0 Å². The minimum Gasteiger partial charge on any atom is -0.482 e. The van der Waals surface area contributed by atoms with Crippen molar-refractivity contribution in [3.8, 4) is 5.75 Å². The zero-order valence-corrected chi connectivity index (χ0v) is 11.6. The van der Waals surface area contributed by atoms with E-state index in [1.165, 1.54) is 6.92 Å². The summed E-state index contributed by atoms with van der Waals surface area (Å²) >= 11 is 0. The van der Waals surface area contributed by atoms with Gasteiger partial charge in [-0.3, -0.25) is 4.79 Å². The topological polar surface area (TPSA) is 52.6 Å². The maximum absolute atomic E-state index is 11.4. The fourth-order valence-corrected chi connectivity index (χ4v) is 1.40. The summed E-state index contributed by atoms with van der Waals surface area (Å²) in [5.74, 6) is 0.563. The number of ether oxygens (including phenoxy) is 2. The van der Waals surface area contributed by atoms with Crippen LogP contribution in [0.4, 0.5) is 0 Å². The normalized spacial score (nSPS) is 10.3. The highest BCUT2D eigenvalue weighted by molar-refractivity contribution is 5.94. The fraction of sp³-hybridized carbons (Fsp3) is 0.467. The van der Waals surface area contributed by atoms with E-state index >= 15 is 0 Å². The number of rotatable bonds is 7. The highest BCUT2D eigenvalue weighted by Crippen LogP contribution is 2.13. The van der Waals surface area contributed by atoms with Crippen molar-refractivity contribution in [2.45, 2.75) is 27.2 Å². The van der Waals surface area contributed by atoms with Crippen molar-refractivity contribution in [1.29, 1.82) is 0 Å². The predicted molar refractivity (Wildman–Crippen MR) is 72.4 cm³/mol. The van der Waals surface area contributed by atoms with Crippen LogP contribution in [0.2, 0.25) is 0 Å². The molecule has 0 N–H and O–H groups in total. The van der Waals surface area contributed by atoms with Crippen LogP contribution in [0.15, 0.2) is 24.3 Å². The first-order chi connectivity index (χ1) is 8.99. The van der Waals surface area contributed by atoms with Crippen molar-refractivity contribution in [1.82, 2.24) is 0 Å². The molecule has 19 heavy (non-hydrogen) atoms. The first-order valence-corrected chi connectivity index (χ1v) is 6.38. The molecular formula is C15H20O4. The molecule has 0 spiro atoms. The number of Topliss-reactive ketones (excluding diaryl/α,β-unsaturated/α-hetero) is 1. The van der Waals surface area contributed by atoms with Crippen LogP contribution >= 0.6 is 0 Å². The predicted octanol–water partition coefficient (Wildman–Crippen LogP) is 2.86. The number of hydrogen-bond donors (Lipinski definition) is 0. The van der Waals surface area contributed by atoms with Crippen molar-refractivity contribution in [2.24, 2.45) is 5.92 Å². The standard InChI is InChI=1S/C15H20O4/c1-11(2)7-8-18-15(17)10-19-14-6-4-5-13(9-14)12(3)16/h4-6,9,11H,7-8,10H2,1-3H3. The molecule has 0 unspecified atom stereocenters. The average Bonchev–Trinajstić information content (AvgIpc) is 2.36. The van der Waals surface area contributed by atoms with Crippen LogP contribution in [0.1, 0.15) is 37.6 Å². The molecule has 0 heterocycles. The summed E-state index contributed by atoms with van der Waals surface area (Å²) in [6, 6.07) is 6.74. The summed E-state index contributed by atoms with van der Waals surface area (Å²) in [7, 11) is 0. The van der Waals surface area contributed by atoms with E-state index < -0.39 is 5.97 Å². The van der Waals surface area contributed by atoms with Crippen LogP contribution in [-0.2, 0) is 9.53 Å². The van der Waals surface area contributed by atoms with Gasteiger partial charge in [0, 0.05) is 5.56 Å². The number of benzene rings is 1. The average molecular weight is 264 g/mol. The smallest absolute Gasteiger partial charge is 0.344 e. The fourth-order valence-electron chi connectivity index (χ4n) is 1.40. The van der Waals surface area contributed by atoms with Crippen molar-refractivity contribution < 1.29 is 19.1 Å². The van der Waals surface area contributed by atoms with Gasteiger partial charge >= 0.3 is 5.97 Å². The number of carbonyl (C=O) groups is 2. The highest BCUT2D eigenvalue weighted by atomic mass is 16.6. The van der Waals surface area contributed by atoms with Crippen LogP contribution < -0.4 is 4.74 Å². The Hall–Kier alpha value is -1.84. The summed E-state index contributed by atoms with van der Waals surface area (Å²) in [4.78, 5) is 22.6. The molecule has 0 fully saturated rings. The van der Waals surface area contributed by atoms with E-state index in [4.69, 9.17) is 9.47 Å². The zero-order valence-electron chi connectivity index (χ0n) is 11.6. The van der Waals surface area contributed by atoms with E-state index in [1.807, 2.05) is 0 Å². The molecule has 1 aromatic carbocycles. The van der Waals surface area contributed by atoms with Gasteiger partial charge in [-0.2, -0.15) is 0 Å². The van der Waals surface area contributed by atoms with E-state index in [1.54, 1.807) is 24.3 Å². The van der Waals surface area contributed by atoms with Gasteiger partial charge in [-0.15, -0.1) is 0 Å². The monoisotopic (exact) mass is 264 g/mol. The zero-order chi connectivity index (χ0) is 14.3. The lowest BCUT2D eigenvalue weighted by Crippen LogP contribution is -2.16. The molecular weight excluding hydrogens is 244 g/mol. The van der Waals surface area contributed by atoms with E-state index in [0.717, 1.165) is 6.42 Å². The Morgan fingerprint density at radius 2 is 2.00 bits per heavy atom. The lowest BCUT2D eigenvalue weighted by molar-refractivity contribution is -0.146. The largest absolute Gasteiger partial charge is 0.482 e.